The second-order valence-electron chi connectivity index (χ2n) is 3.39. The molecule has 0 saturated heterocycles. The highest BCUT2D eigenvalue weighted by Gasteiger charge is 2.30. The van der Waals surface area contributed by atoms with Crippen molar-refractivity contribution in [3.63, 3.8) is 0 Å². The smallest absolute Gasteiger partial charge is 0.206 e. The lowest BCUT2D eigenvalue weighted by atomic mass is 10.0. The van der Waals surface area contributed by atoms with Gasteiger partial charge in [-0.3, -0.25) is 0 Å². The summed E-state index contributed by atoms with van der Waals surface area (Å²) in [5.41, 5.74) is -3.75. The molecule has 0 aromatic heterocycles. The van der Waals surface area contributed by atoms with Gasteiger partial charge in [-0.15, -0.1) is 0 Å². The van der Waals surface area contributed by atoms with E-state index in [1.165, 1.54) is 12.1 Å². The normalized spacial score (nSPS) is 12.2. The molecule has 0 unspecified atom stereocenters. The van der Waals surface area contributed by atoms with Crippen LogP contribution in [0.1, 0.15) is 25.3 Å². The summed E-state index contributed by atoms with van der Waals surface area (Å²) in [6, 6.07) is 3.84. The third kappa shape index (κ3) is 3.74. The lowest BCUT2D eigenvalue weighted by molar-refractivity contribution is -0.0329. The van der Waals surface area contributed by atoms with Crippen LogP contribution in [0.25, 0.3) is 0 Å². The third-order valence-corrected chi connectivity index (χ3v) is 2.63. The first-order chi connectivity index (χ1) is 6.79. The molecule has 0 N–H and O–H groups in total. The number of rotatable bonds is 2. The zero-order valence-electron chi connectivity index (χ0n) is 8.23. The summed E-state index contributed by atoms with van der Waals surface area (Å²) in [6.07, 6.45) is 0. The van der Waals surface area contributed by atoms with E-state index < -0.39 is 23.1 Å². The Hall–Kier alpha value is -0.710. The van der Waals surface area contributed by atoms with E-state index >= 15 is 0 Å². The molecule has 0 aliphatic heterocycles. The van der Waals surface area contributed by atoms with E-state index in [4.69, 9.17) is 0 Å². The topological polar surface area (TPSA) is 0 Å². The molecular weight excluding hydrogens is 228 g/mol. The summed E-state index contributed by atoms with van der Waals surface area (Å²) >= 11 is -0.427. The molecule has 0 atom stereocenters. The van der Waals surface area contributed by atoms with Crippen LogP contribution in [0.3, 0.4) is 0 Å². The average molecular weight is 238 g/mol. The first kappa shape index (κ1) is 12.4. The zero-order valence-corrected chi connectivity index (χ0v) is 9.05. The van der Waals surface area contributed by atoms with Crippen LogP contribution >= 0.6 is 11.8 Å². The summed E-state index contributed by atoms with van der Waals surface area (Å²) in [5.74, 6) is -0.715. The van der Waals surface area contributed by atoms with Crippen LogP contribution in [0.5, 0.6) is 0 Å². The van der Waals surface area contributed by atoms with Crippen LogP contribution in [0.4, 0.5) is 17.6 Å². The van der Waals surface area contributed by atoms with Crippen LogP contribution in [0.15, 0.2) is 23.1 Å². The lowest BCUT2D eigenvalue weighted by Gasteiger charge is -2.09. The second-order valence-corrected chi connectivity index (χ2v) is 4.50. The fourth-order valence-corrected chi connectivity index (χ4v) is 1.63. The summed E-state index contributed by atoms with van der Waals surface area (Å²) < 4.78 is 49.2. The third-order valence-electron chi connectivity index (χ3n) is 1.85. The average Bonchev–Trinajstić information content (AvgIpc) is 2.05. The summed E-state index contributed by atoms with van der Waals surface area (Å²) in [4.78, 5) is -0.382. The quantitative estimate of drug-likeness (QED) is 0.537. The van der Waals surface area contributed by atoms with Crippen LogP contribution < -0.4 is 0 Å². The highest BCUT2D eigenvalue weighted by Crippen LogP contribution is 2.38. The van der Waals surface area contributed by atoms with Gasteiger partial charge in [0, 0.05) is 0 Å². The predicted molar refractivity (Wildman–Crippen MR) is 52.4 cm³/mol. The van der Waals surface area contributed by atoms with Crippen molar-refractivity contribution in [1.82, 2.24) is 0 Å². The molecule has 0 aliphatic carbocycles. The molecule has 0 saturated carbocycles. The molecule has 0 aliphatic rings. The van der Waals surface area contributed by atoms with Crippen LogP contribution in [-0.4, -0.2) is 5.51 Å². The maximum Gasteiger partial charge on any atom is 0.446 e. The molecule has 0 amide bonds. The molecule has 5 heteroatoms. The Morgan fingerprint density at radius 1 is 1.20 bits per heavy atom. The van der Waals surface area contributed by atoms with E-state index in [2.05, 4.69) is 0 Å². The van der Waals surface area contributed by atoms with Crippen LogP contribution in [0, 0.1) is 5.82 Å². The summed E-state index contributed by atoms with van der Waals surface area (Å²) in [5, 5.41) is 0. The van der Waals surface area contributed by atoms with Gasteiger partial charge in [-0.1, -0.05) is 19.9 Å². The molecular formula is C10H10F4S. The number of halogens is 4. The van der Waals surface area contributed by atoms with Gasteiger partial charge >= 0.3 is 5.51 Å². The first-order valence-corrected chi connectivity index (χ1v) is 5.16. The monoisotopic (exact) mass is 238 g/mol. The molecule has 0 radical (unpaired) electrons. The number of alkyl halides is 3. The van der Waals surface area contributed by atoms with Crippen molar-refractivity contribution in [2.24, 2.45) is 0 Å². The number of thioether (sulfide) groups is 1. The largest absolute Gasteiger partial charge is 0.446 e. The van der Waals surface area contributed by atoms with Gasteiger partial charge in [-0.25, -0.2) is 4.39 Å². The molecule has 84 valence electrons. The minimum atomic E-state index is -4.44. The minimum Gasteiger partial charge on any atom is -0.206 e. The molecule has 0 bridgehead atoms. The second kappa shape index (κ2) is 4.43. The van der Waals surface area contributed by atoms with E-state index in [9.17, 15) is 17.6 Å². The van der Waals surface area contributed by atoms with Crippen molar-refractivity contribution in [2.75, 3.05) is 0 Å². The van der Waals surface area contributed by atoms with Gasteiger partial charge in [-0.05, 0) is 35.4 Å². The summed E-state index contributed by atoms with van der Waals surface area (Å²) in [7, 11) is 0. The Kier molecular flexibility index (Phi) is 3.65. The minimum absolute atomic E-state index is 0.101. The highest BCUT2D eigenvalue weighted by atomic mass is 32.2. The van der Waals surface area contributed by atoms with E-state index in [0.717, 1.165) is 6.07 Å². The van der Waals surface area contributed by atoms with Crippen LogP contribution in [0.2, 0.25) is 0 Å². The Bertz CT molecular complexity index is 344. The molecule has 1 rings (SSSR count). The number of benzene rings is 1. The molecule has 0 fully saturated rings. The molecule has 0 nitrogen and oxygen atoms in total. The molecule has 0 heterocycles. The molecule has 1 aromatic carbocycles. The van der Waals surface area contributed by atoms with E-state index in [0.29, 0.717) is 5.56 Å². The Morgan fingerprint density at radius 2 is 1.80 bits per heavy atom. The van der Waals surface area contributed by atoms with Gasteiger partial charge in [-0.2, -0.15) is 13.2 Å². The van der Waals surface area contributed by atoms with E-state index in [1.807, 2.05) is 13.8 Å². The molecule has 1 aromatic rings. The Labute approximate surface area is 89.7 Å². The van der Waals surface area contributed by atoms with Gasteiger partial charge in [0.25, 0.3) is 0 Å². The van der Waals surface area contributed by atoms with E-state index in [-0.39, 0.29) is 10.8 Å². The fourth-order valence-electron chi connectivity index (χ4n) is 1.08. The van der Waals surface area contributed by atoms with Gasteiger partial charge < -0.3 is 0 Å². The van der Waals surface area contributed by atoms with Crippen LogP contribution in [-0.2, 0) is 0 Å². The Balaban J connectivity index is 2.94. The standard InChI is InChI=1S/C10H10F4S/c1-6(2)7-3-4-9(8(11)5-7)15-10(12,13)14/h3-6H,1-2H3. The Morgan fingerprint density at radius 3 is 2.20 bits per heavy atom. The molecule has 15 heavy (non-hydrogen) atoms. The fraction of sp³-hybridized carbons (Fsp3) is 0.400. The summed E-state index contributed by atoms with van der Waals surface area (Å²) in [6.45, 7) is 3.71. The van der Waals surface area contributed by atoms with Gasteiger partial charge in [0.15, 0.2) is 0 Å². The molecule has 0 spiro atoms. The lowest BCUT2D eigenvalue weighted by Crippen LogP contribution is -2.01. The first-order valence-electron chi connectivity index (χ1n) is 4.35. The van der Waals surface area contributed by atoms with E-state index in [1.54, 1.807) is 0 Å². The maximum atomic E-state index is 13.2. The predicted octanol–water partition coefficient (Wildman–Crippen LogP) is 4.56. The van der Waals surface area contributed by atoms with Crippen molar-refractivity contribution < 1.29 is 17.6 Å². The number of hydrogen-bond donors (Lipinski definition) is 0. The van der Waals surface area contributed by atoms with Crippen molar-refractivity contribution in [2.45, 2.75) is 30.2 Å². The number of hydrogen-bond acceptors (Lipinski definition) is 1. The van der Waals surface area contributed by atoms with Crippen molar-refractivity contribution in [3.05, 3.63) is 29.6 Å². The van der Waals surface area contributed by atoms with Gasteiger partial charge in [0.2, 0.25) is 0 Å². The van der Waals surface area contributed by atoms with Gasteiger partial charge in [0.05, 0.1) is 4.90 Å². The SMILES string of the molecule is CC(C)c1ccc(SC(F)(F)F)c(F)c1. The van der Waals surface area contributed by atoms with Crippen molar-refractivity contribution in [3.8, 4) is 0 Å². The maximum absolute atomic E-state index is 13.2. The highest BCUT2D eigenvalue weighted by molar-refractivity contribution is 8.00. The zero-order chi connectivity index (χ0) is 11.6. The van der Waals surface area contributed by atoms with Crippen molar-refractivity contribution in [1.29, 1.82) is 0 Å². The van der Waals surface area contributed by atoms with Gasteiger partial charge in [0.1, 0.15) is 5.82 Å². The van der Waals surface area contributed by atoms with Crippen molar-refractivity contribution >= 4 is 11.8 Å².